The van der Waals surface area contributed by atoms with Gasteiger partial charge in [0.25, 0.3) is 5.91 Å². The molecule has 5 rings (SSSR count). The van der Waals surface area contributed by atoms with Gasteiger partial charge in [-0.2, -0.15) is 5.10 Å². The van der Waals surface area contributed by atoms with Gasteiger partial charge in [0.05, 0.1) is 25.3 Å². The summed E-state index contributed by atoms with van der Waals surface area (Å²) in [5.74, 6) is -0.783. The molecule has 1 saturated carbocycles. The standard InChI is InChI=1S/C24H31FN6O5S/c1-36-21-11-17(18(25)14-26-21)19-12-20(29-28-19)23(33)31-10-3-15(13-24(31)6-7-24)22(32)27-16-4-8-30(9-5-16)37(2,34)35/h11-12,14-16H,3-10,13H2,1-2H3,(H,27,32)(H,28,29)/t15-/m0/s1. The second-order valence-electron chi connectivity index (χ2n) is 10.2. The van der Waals surface area contributed by atoms with Crippen LogP contribution < -0.4 is 10.1 Å². The first-order valence-electron chi connectivity index (χ1n) is 12.4. The summed E-state index contributed by atoms with van der Waals surface area (Å²) in [7, 11) is -1.78. The maximum atomic E-state index is 14.3. The molecule has 3 aliphatic rings. The number of hydrogen-bond acceptors (Lipinski definition) is 7. The van der Waals surface area contributed by atoms with E-state index < -0.39 is 15.8 Å². The number of nitrogens with one attached hydrogen (secondary N) is 2. The molecule has 2 aromatic heterocycles. The molecule has 37 heavy (non-hydrogen) atoms. The molecule has 13 heteroatoms. The Balaban J connectivity index is 1.21. The minimum absolute atomic E-state index is 0.0275. The molecule has 2 aromatic rings. The number of ether oxygens (including phenoxy) is 1. The molecule has 2 saturated heterocycles. The van der Waals surface area contributed by atoms with Crippen LogP contribution in [0.2, 0.25) is 0 Å². The van der Waals surface area contributed by atoms with Crippen LogP contribution in [0, 0.1) is 11.7 Å². The first-order chi connectivity index (χ1) is 17.6. The van der Waals surface area contributed by atoms with E-state index in [2.05, 4.69) is 20.5 Å². The highest BCUT2D eigenvalue weighted by Gasteiger charge is 2.54. The van der Waals surface area contributed by atoms with Gasteiger partial charge in [0, 0.05) is 48.8 Å². The third-order valence-corrected chi connectivity index (χ3v) is 9.04. The number of aromatic amines is 1. The van der Waals surface area contributed by atoms with Crippen molar-refractivity contribution in [3.63, 3.8) is 0 Å². The number of carbonyl (C=O) groups is 2. The zero-order valence-electron chi connectivity index (χ0n) is 20.9. The van der Waals surface area contributed by atoms with Gasteiger partial charge in [-0.25, -0.2) is 22.1 Å². The second kappa shape index (κ2) is 9.67. The highest BCUT2D eigenvalue weighted by atomic mass is 32.2. The third-order valence-electron chi connectivity index (χ3n) is 7.74. The average molecular weight is 535 g/mol. The van der Waals surface area contributed by atoms with Gasteiger partial charge < -0.3 is 15.0 Å². The van der Waals surface area contributed by atoms with Crippen molar-refractivity contribution in [3.05, 3.63) is 29.8 Å². The van der Waals surface area contributed by atoms with E-state index in [1.54, 1.807) is 0 Å². The van der Waals surface area contributed by atoms with Crippen molar-refractivity contribution in [2.24, 2.45) is 5.92 Å². The molecule has 200 valence electrons. The molecular weight excluding hydrogens is 503 g/mol. The predicted molar refractivity (Wildman–Crippen MR) is 132 cm³/mol. The van der Waals surface area contributed by atoms with Gasteiger partial charge in [0.1, 0.15) is 0 Å². The average Bonchev–Trinajstić information content (AvgIpc) is 3.45. The lowest BCUT2D eigenvalue weighted by molar-refractivity contribution is -0.128. The molecular formula is C24H31FN6O5S. The molecule has 2 aliphatic heterocycles. The van der Waals surface area contributed by atoms with Crippen LogP contribution in [-0.2, 0) is 14.8 Å². The zero-order chi connectivity index (χ0) is 26.4. The van der Waals surface area contributed by atoms with E-state index in [0.717, 1.165) is 19.0 Å². The van der Waals surface area contributed by atoms with Gasteiger partial charge in [-0.15, -0.1) is 0 Å². The summed E-state index contributed by atoms with van der Waals surface area (Å²) >= 11 is 0. The maximum absolute atomic E-state index is 14.3. The third kappa shape index (κ3) is 5.19. The highest BCUT2D eigenvalue weighted by molar-refractivity contribution is 7.88. The molecule has 0 unspecified atom stereocenters. The van der Waals surface area contributed by atoms with Gasteiger partial charge in [0.15, 0.2) is 11.5 Å². The lowest BCUT2D eigenvalue weighted by Crippen LogP contribution is -2.53. The lowest BCUT2D eigenvalue weighted by atomic mass is 9.87. The zero-order valence-corrected chi connectivity index (χ0v) is 21.7. The normalized spacial score (nSPS) is 22.1. The number of sulfonamides is 1. The number of H-pyrrole nitrogens is 1. The smallest absolute Gasteiger partial charge is 0.274 e. The van der Waals surface area contributed by atoms with Crippen molar-refractivity contribution < 1.29 is 27.1 Å². The van der Waals surface area contributed by atoms with Crippen molar-refractivity contribution in [2.75, 3.05) is 33.0 Å². The number of likely N-dealkylation sites (tertiary alicyclic amines) is 1. The summed E-state index contributed by atoms with van der Waals surface area (Å²) < 4.78 is 44.3. The maximum Gasteiger partial charge on any atom is 0.274 e. The van der Waals surface area contributed by atoms with E-state index >= 15 is 0 Å². The molecule has 1 atom stereocenters. The molecule has 1 spiro atoms. The van der Waals surface area contributed by atoms with Crippen molar-refractivity contribution in [2.45, 2.75) is 50.1 Å². The van der Waals surface area contributed by atoms with Gasteiger partial charge in [-0.3, -0.25) is 14.7 Å². The monoisotopic (exact) mass is 534 g/mol. The molecule has 0 radical (unpaired) electrons. The fraction of sp³-hybridized carbons (Fsp3) is 0.583. The molecule has 0 bridgehead atoms. The number of methoxy groups -OCH3 is 1. The Morgan fingerprint density at radius 2 is 1.92 bits per heavy atom. The lowest BCUT2D eigenvalue weighted by Gasteiger charge is -2.40. The number of rotatable bonds is 6. The quantitative estimate of drug-likeness (QED) is 0.574. The molecule has 2 N–H and O–H groups in total. The van der Waals surface area contributed by atoms with Crippen LogP contribution in [0.5, 0.6) is 5.88 Å². The summed E-state index contributed by atoms with van der Waals surface area (Å²) in [5, 5.41) is 9.99. The number of piperidine rings is 2. The van der Waals surface area contributed by atoms with Crippen molar-refractivity contribution >= 4 is 21.8 Å². The summed E-state index contributed by atoms with van der Waals surface area (Å²) in [6, 6.07) is 2.92. The van der Waals surface area contributed by atoms with E-state index in [-0.39, 0.29) is 46.5 Å². The highest BCUT2D eigenvalue weighted by Crippen LogP contribution is 2.50. The molecule has 4 heterocycles. The summed E-state index contributed by atoms with van der Waals surface area (Å²) in [4.78, 5) is 32.0. The first kappa shape index (κ1) is 25.6. The summed E-state index contributed by atoms with van der Waals surface area (Å²) in [5.41, 5.74) is 0.387. The van der Waals surface area contributed by atoms with Crippen LogP contribution in [-0.4, -0.2) is 89.2 Å². The Morgan fingerprint density at radius 3 is 2.57 bits per heavy atom. The Kier molecular flexibility index (Phi) is 6.69. The van der Waals surface area contributed by atoms with E-state index in [0.29, 0.717) is 51.0 Å². The molecule has 2 amide bonds. The van der Waals surface area contributed by atoms with Crippen LogP contribution in [0.15, 0.2) is 18.3 Å². The topological polar surface area (TPSA) is 138 Å². The van der Waals surface area contributed by atoms with Crippen molar-refractivity contribution in [3.8, 4) is 17.1 Å². The van der Waals surface area contributed by atoms with Crippen LogP contribution >= 0.6 is 0 Å². The summed E-state index contributed by atoms with van der Waals surface area (Å²) in [6.45, 7) is 1.24. The Bertz CT molecular complexity index is 1300. The molecule has 0 aromatic carbocycles. The van der Waals surface area contributed by atoms with E-state index in [1.165, 1.54) is 29.8 Å². The minimum atomic E-state index is -3.21. The van der Waals surface area contributed by atoms with Crippen LogP contribution in [0.25, 0.3) is 11.3 Å². The summed E-state index contributed by atoms with van der Waals surface area (Å²) in [6.07, 6.45) is 6.20. The van der Waals surface area contributed by atoms with E-state index in [4.69, 9.17) is 4.74 Å². The Morgan fingerprint density at radius 1 is 1.19 bits per heavy atom. The fourth-order valence-corrected chi connectivity index (χ4v) is 6.32. The van der Waals surface area contributed by atoms with Crippen LogP contribution in [0.4, 0.5) is 4.39 Å². The second-order valence-corrected chi connectivity index (χ2v) is 12.2. The molecule has 3 fully saturated rings. The number of nitrogens with zero attached hydrogens (tertiary/aromatic N) is 4. The van der Waals surface area contributed by atoms with Crippen molar-refractivity contribution in [1.82, 2.24) is 29.7 Å². The fourth-order valence-electron chi connectivity index (χ4n) is 5.45. The first-order valence-corrected chi connectivity index (χ1v) is 14.3. The van der Waals surface area contributed by atoms with Crippen molar-refractivity contribution in [1.29, 1.82) is 0 Å². The van der Waals surface area contributed by atoms with E-state index in [9.17, 15) is 22.4 Å². The molecule has 1 aliphatic carbocycles. The predicted octanol–water partition coefficient (Wildman–Crippen LogP) is 1.54. The Hall–Kier alpha value is -3.06. The van der Waals surface area contributed by atoms with Gasteiger partial charge in [-0.05, 0) is 44.6 Å². The minimum Gasteiger partial charge on any atom is -0.481 e. The SMILES string of the molecule is COc1cc(-c2cc(C(=O)N3CC[C@H](C(=O)NC4CCN(S(C)(=O)=O)CC4)CC34CC4)n[nH]2)c(F)cn1. The van der Waals surface area contributed by atoms with Crippen LogP contribution in [0.1, 0.15) is 49.0 Å². The van der Waals surface area contributed by atoms with Crippen LogP contribution in [0.3, 0.4) is 0 Å². The molecule has 11 nitrogen and oxygen atoms in total. The largest absolute Gasteiger partial charge is 0.481 e. The van der Waals surface area contributed by atoms with Gasteiger partial charge in [0.2, 0.25) is 21.8 Å². The number of halogens is 1. The Labute approximate surface area is 214 Å². The number of pyridine rings is 1. The number of amides is 2. The number of hydrogen-bond donors (Lipinski definition) is 2. The van der Waals surface area contributed by atoms with E-state index in [1.807, 2.05) is 4.90 Å². The van der Waals surface area contributed by atoms with Gasteiger partial charge in [-0.1, -0.05) is 0 Å². The van der Waals surface area contributed by atoms with Gasteiger partial charge >= 0.3 is 0 Å². The number of aromatic nitrogens is 3. The number of carbonyl (C=O) groups excluding carboxylic acids is 2.